The molecule has 2 aliphatic rings. The Kier molecular flexibility index (Phi) is 2.40. The highest BCUT2D eigenvalue weighted by atomic mass is 14.9. The Labute approximate surface area is 75.9 Å². The molecular weight excluding hydrogens is 146 g/mol. The first-order valence-electron chi connectivity index (χ1n) is 5.55. The van der Waals surface area contributed by atoms with Gasteiger partial charge in [-0.25, -0.2) is 0 Å². The zero-order chi connectivity index (χ0) is 8.55. The van der Waals surface area contributed by atoms with Crippen LogP contribution in [0.25, 0.3) is 0 Å². The lowest BCUT2D eigenvalue weighted by atomic mass is 9.54. The van der Waals surface area contributed by atoms with Crippen LogP contribution in [0.4, 0.5) is 0 Å². The lowest BCUT2D eigenvalue weighted by Crippen LogP contribution is -2.58. The van der Waals surface area contributed by atoms with Crippen molar-refractivity contribution in [3.8, 4) is 0 Å². The minimum Gasteiger partial charge on any atom is -0.316 e. The van der Waals surface area contributed by atoms with Gasteiger partial charge in [-0.1, -0.05) is 26.2 Å². The van der Waals surface area contributed by atoms with Crippen molar-refractivity contribution in [3.05, 3.63) is 0 Å². The topological polar surface area (TPSA) is 12.0 Å². The van der Waals surface area contributed by atoms with Crippen LogP contribution >= 0.6 is 0 Å². The smallest absolute Gasteiger partial charge is 0.0126 e. The first-order valence-corrected chi connectivity index (χ1v) is 5.55. The minimum atomic E-state index is 0.861. The molecule has 2 aliphatic carbocycles. The molecule has 0 aromatic heterocycles. The SMILES string of the molecule is CCC1C2CCCCC2C1NC. The molecule has 0 aromatic carbocycles. The molecule has 12 heavy (non-hydrogen) atoms. The first-order chi connectivity index (χ1) is 5.88. The Morgan fingerprint density at radius 2 is 1.83 bits per heavy atom. The van der Waals surface area contributed by atoms with Crippen LogP contribution in [0.3, 0.4) is 0 Å². The third-order valence-electron chi connectivity index (χ3n) is 4.15. The Morgan fingerprint density at radius 1 is 1.17 bits per heavy atom. The van der Waals surface area contributed by atoms with Gasteiger partial charge in [0.15, 0.2) is 0 Å². The van der Waals surface area contributed by atoms with Gasteiger partial charge in [-0.2, -0.15) is 0 Å². The van der Waals surface area contributed by atoms with Gasteiger partial charge in [0, 0.05) is 6.04 Å². The van der Waals surface area contributed by atoms with Crippen LogP contribution < -0.4 is 5.32 Å². The fourth-order valence-corrected chi connectivity index (χ4v) is 3.59. The lowest BCUT2D eigenvalue weighted by molar-refractivity contribution is -0.0187. The molecule has 1 nitrogen and oxygen atoms in total. The van der Waals surface area contributed by atoms with E-state index in [1.165, 1.54) is 32.1 Å². The summed E-state index contributed by atoms with van der Waals surface area (Å²) in [4.78, 5) is 0. The average Bonchev–Trinajstić information content (AvgIpc) is 2.08. The maximum atomic E-state index is 3.50. The Hall–Kier alpha value is -0.0400. The van der Waals surface area contributed by atoms with Gasteiger partial charge in [0.1, 0.15) is 0 Å². The predicted molar refractivity (Wildman–Crippen MR) is 52.1 cm³/mol. The largest absolute Gasteiger partial charge is 0.316 e. The van der Waals surface area contributed by atoms with Crippen LogP contribution in [-0.2, 0) is 0 Å². The highest BCUT2D eigenvalue weighted by molar-refractivity contribution is 5.01. The van der Waals surface area contributed by atoms with Crippen molar-refractivity contribution in [2.24, 2.45) is 17.8 Å². The summed E-state index contributed by atoms with van der Waals surface area (Å²) in [7, 11) is 2.14. The summed E-state index contributed by atoms with van der Waals surface area (Å²) in [5.74, 6) is 3.12. The molecule has 0 heterocycles. The standard InChI is InChI=1S/C11H21N/c1-3-8-9-6-4-5-7-10(9)11(8)12-2/h8-12H,3-7H2,1-2H3. The summed E-state index contributed by atoms with van der Waals surface area (Å²) in [6.07, 6.45) is 7.37. The molecule has 0 radical (unpaired) electrons. The molecule has 4 unspecified atom stereocenters. The van der Waals surface area contributed by atoms with Gasteiger partial charge in [0.2, 0.25) is 0 Å². The molecule has 2 saturated carbocycles. The van der Waals surface area contributed by atoms with E-state index in [1.807, 2.05) is 0 Å². The van der Waals surface area contributed by atoms with Gasteiger partial charge >= 0.3 is 0 Å². The summed E-state index contributed by atoms with van der Waals surface area (Å²) >= 11 is 0. The molecule has 0 spiro atoms. The van der Waals surface area contributed by atoms with Gasteiger partial charge in [-0.15, -0.1) is 0 Å². The lowest BCUT2D eigenvalue weighted by Gasteiger charge is -2.54. The van der Waals surface area contributed by atoms with Crippen LogP contribution in [0.15, 0.2) is 0 Å². The van der Waals surface area contributed by atoms with Gasteiger partial charge < -0.3 is 5.32 Å². The van der Waals surface area contributed by atoms with Crippen LogP contribution in [0.5, 0.6) is 0 Å². The predicted octanol–water partition coefficient (Wildman–Crippen LogP) is 2.42. The van der Waals surface area contributed by atoms with Crippen molar-refractivity contribution in [3.63, 3.8) is 0 Å². The molecule has 1 heteroatoms. The second kappa shape index (κ2) is 3.37. The van der Waals surface area contributed by atoms with Crippen molar-refractivity contribution in [2.45, 2.75) is 45.1 Å². The van der Waals surface area contributed by atoms with Crippen LogP contribution in [0.2, 0.25) is 0 Å². The quantitative estimate of drug-likeness (QED) is 0.666. The second-order valence-electron chi connectivity index (χ2n) is 4.50. The number of nitrogens with one attached hydrogen (secondary N) is 1. The molecule has 2 rings (SSSR count). The Morgan fingerprint density at radius 3 is 2.42 bits per heavy atom. The number of hydrogen-bond acceptors (Lipinski definition) is 1. The van der Waals surface area contributed by atoms with E-state index in [4.69, 9.17) is 0 Å². The zero-order valence-corrected chi connectivity index (χ0v) is 8.34. The van der Waals surface area contributed by atoms with Gasteiger partial charge in [-0.3, -0.25) is 0 Å². The molecule has 0 aliphatic heterocycles. The molecule has 70 valence electrons. The van der Waals surface area contributed by atoms with Gasteiger partial charge in [-0.05, 0) is 37.6 Å². The molecule has 0 saturated heterocycles. The highest BCUT2D eigenvalue weighted by Crippen LogP contribution is 2.50. The summed E-state index contributed by atoms with van der Waals surface area (Å²) < 4.78 is 0. The molecule has 0 amide bonds. The van der Waals surface area contributed by atoms with E-state index < -0.39 is 0 Å². The van der Waals surface area contributed by atoms with Crippen molar-refractivity contribution in [1.82, 2.24) is 5.32 Å². The van der Waals surface area contributed by atoms with Gasteiger partial charge in [0.05, 0.1) is 0 Å². The summed E-state index contributed by atoms with van der Waals surface area (Å²) in [6, 6.07) is 0.861. The summed E-state index contributed by atoms with van der Waals surface area (Å²) in [5.41, 5.74) is 0. The average molecular weight is 167 g/mol. The maximum Gasteiger partial charge on any atom is 0.0126 e. The van der Waals surface area contributed by atoms with E-state index in [9.17, 15) is 0 Å². The van der Waals surface area contributed by atoms with E-state index in [2.05, 4.69) is 19.3 Å². The number of rotatable bonds is 2. The van der Waals surface area contributed by atoms with Crippen molar-refractivity contribution in [2.75, 3.05) is 7.05 Å². The third-order valence-corrected chi connectivity index (χ3v) is 4.15. The number of hydrogen-bond donors (Lipinski definition) is 1. The first kappa shape index (κ1) is 8.55. The fourth-order valence-electron chi connectivity index (χ4n) is 3.59. The molecule has 1 N–H and O–H groups in total. The van der Waals surface area contributed by atoms with Gasteiger partial charge in [0.25, 0.3) is 0 Å². The molecule has 0 bridgehead atoms. The minimum absolute atomic E-state index is 0.861. The molecule has 0 aromatic rings. The summed E-state index contributed by atoms with van der Waals surface area (Å²) in [6.45, 7) is 2.35. The van der Waals surface area contributed by atoms with Crippen molar-refractivity contribution >= 4 is 0 Å². The van der Waals surface area contributed by atoms with E-state index in [-0.39, 0.29) is 0 Å². The fraction of sp³-hybridized carbons (Fsp3) is 1.00. The maximum absolute atomic E-state index is 3.50. The summed E-state index contributed by atoms with van der Waals surface area (Å²) in [5, 5.41) is 3.50. The van der Waals surface area contributed by atoms with Crippen LogP contribution in [0.1, 0.15) is 39.0 Å². The molecule has 4 atom stereocenters. The van der Waals surface area contributed by atoms with Crippen LogP contribution in [0, 0.1) is 17.8 Å². The molecule has 2 fully saturated rings. The monoisotopic (exact) mass is 167 g/mol. The second-order valence-corrected chi connectivity index (χ2v) is 4.50. The van der Waals surface area contributed by atoms with E-state index >= 15 is 0 Å². The number of fused-ring (bicyclic) bond motifs is 1. The third kappa shape index (κ3) is 1.10. The Balaban J connectivity index is 1.98. The molecular formula is C11H21N. The van der Waals surface area contributed by atoms with E-state index in [1.54, 1.807) is 0 Å². The Bertz CT molecular complexity index is 125. The van der Waals surface area contributed by atoms with Crippen molar-refractivity contribution in [1.29, 1.82) is 0 Å². The normalized spacial score (nSPS) is 46.5. The highest BCUT2D eigenvalue weighted by Gasteiger charge is 2.48. The van der Waals surface area contributed by atoms with Crippen molar-refractivity contribution < 1.29 is 0 Å². The zero-order valence-electron chi connectivity index (χ0n) is 8.34. The van der Waals surface area contributed by atoms with E-state index in [0.717, 1.165) is 23.8 Å². The van der Waals surface area contributed by atoms with Crippen LogP contribution in [-0.4, -0.2) is 13.1 Å². The van der Waals surface area contributed by atoms with E-state index in [0.29, 0.717) is 0 Å².